The second kappa shape index (κ2) is 7.79. The van der Waals surface area contributed by atoms with Gasteiger partial charge >= 0.3 is 12.2 Å². The van der Waals surface area contributed by atoms with Crippen molar-refractivity contribution in [3.8, 4) is 0 Å². The first-order valence-electron chi connectivity index (χ1n) is 8.51. The second-order valence-corrected chi connectivity index (χ2v) is 4.06. The van der Waals surface area contributed by atoms with Crippen LogP contribution in [0.4, 0.5) is 9.59 Å². The van der Waals surface area contributed by atoms with E-state index in [1.807, 2.05) is 0 Å². The van der Waals surface area contributed by atoms with Gasteiger partial charge in [0.25, 0.3) is 0 Å². The van der Waals surface area contributed by atoms with Crippen molar-refractivity contribution in [1.29, 1.82) is 0 Å². The molecule has 0 saturated carbocycles. The molecule has 0 radical (unpaired) electrons. The molecule has 1 atom stereocenters. The zero-order valence-corrected chi connectivity index (χ0v) is 10.8. The van der Waals surface area contributed by atoms with Crippen molar-refractivity contribution < 1.29 is 27.3 Å². The maximum Gasteiger partial charge on any atom is 0.407 e. The Morgan fingerprint density at radius 1 is 1.56 bits per heavy atom. The molecule has 0 aromatic heterocycles. The lowest BCUT2D eigenvalue weighted by Gasteiger charge is -2.27. The Kier molecular flexibility index (Phi) is 3.72. The molecule has 6 heteroatoms. The summed E-state index contributed by atoms with van der Waals surface area (Å²) in [5.41, 5.74) is 2.54. The van der Waals surface area contributed by atoms with Gasteiger partial charge in [0, 0.05) is 15.5 Å². The van der Waals surface area contributed by atoms with Crippen LogP contribution in [-0.4, -0.2) is 31.4 Å². The van der Waals surface area contributed by atoms with Crippen LogP contribution in [0, 0.1) is 5.41 Å². The molecule has 0 heterocycles. The van der Waals surface area contributed by atoms with Gasteiger partial charge in [-0.1, -0.05) is 20.2 Å². The Balaban J connectivity index is 5.72. The monoisotopic (exact) mass is 266 g/mol. The minimum atomic E-state index is -3.01. The van der Waals surface area contributed by atoms with Crippen LogP contribution < -0.4 is 11.1 Å². The third-order valence-electron chi connectivity index (χ3n) is 1.83. The molecule has 0 saturated heterocycles. The molecule has 0 aromatic rings. The van der Waals surface area contributed by atoms with Crippen LogP contribution in [0.5, 0.6) is 0 Å². The van der Waals surface area contributed by atoms with Gasteiger partial charge in [0.15, 0.2) is 0 Å². The van der Waals surface area contributed by atoms with E-state index in [0.29, 0.717) is 0 Å². The fourth-order valence-corrected chi connectivity index (χ4v) is 1.15. The van der Waals surface area contributed by atoms with E-state index in [4.69, 9.17) is 14.0 Å². The summed E-state index contributed by atoms with van der Waals surface area (Å²) >= 11 is 0. The number of hydrogen-bond acceptors (Lipinski definition) is 4. The number of rotatable bonds is 7. The first kappa shape index (κ1) is 8.61. The molecule has 0 aliphatic heterocycles. The minimum Gasteiger partial charge on any atom is -0.449 e. The number of amides is 2. The van der Waals surface area contributed by atoms with Crippen LogP contribution >= 0.6 is 0 Å². The summed E-state index contributed by atoms with van der Waals surface area (Å²) < 4.78 is 55.8. The van der Waals surface area contributed by atoms with Crippen molar-refractivity contribution in [3.63, 3.8) is 0 Å². The molecule has 0 spiro atoms. The molecule has 3 N–H and O–H groups in total. The molecule has 0 aliphatic rings. The second-order valence-electron chi connectivity index (χ2n) is 4.06. The third kappa shape index (κ3) is 7.76. The standard InChI is InChI=1S/C12H24N2O4/c1-5-6-12(4,7-17-10(13)15)8-18-11(16)14-9(2)3/h9H,5-8H2,1-4H3,(H2,13,15)(H,14,16)/i4D3,8D2,9D. The first-order valence-corrected chi connectivity index (χ1v) is 5.51. The molecule has 0 fully saturated rings. The van der Waals surface area contributed by atoms with E-state index in [1.165, 1.54) is 13.8 Å². The fraction of sp³-hybridized carbons (Fsp3) is 0.833. The van der Waals surface area contributed by atoms with Crippen LogP contribution in [-0.2, 0) is 9.47 Å². The highest BCUT2D eigenvalue weighted by molar-refractivity contribution is 5.67. The number of nitrogens with two attached hydrogens (primary N) is 1. The summed E-state index contributed by atoms with van der Waals surface area (Å²) in [5, 5.41) is 2.06. The van der Waals surface area contributed by atoms with Crippen molar-refractivity contribution >= 4 is 12.2 Å². The Hall–Kier alpha value is -1.46. The molecule has 0 aromatic carbocycles. The summed E-state index contributed by atoms with van der Waals surface area (Å²) in [4.78, 5) is 22.6. The molecule has 0 rings (SSSR count). The zero-order valence-electron chi connectivity index (χ0n) is 16.8. The van der Waals surface area contributed by atoms with Crippen LogP contribution in [0.1, 0.15) is 48.7 Å². The van der Waals surface area contributed by atoms with Crippen molar-refractivity contribution in [1.82, 2.24) is 5.32 Å². The average molecular weight is 266 g/mol. The predicted octanol–water partition coefficient (Wildman–Crippen LogP) is 2.02. The highest BCUT2D eigenvalue weighted by Crippen LogP contribution is 2.24. The third-order valence-corrected chi connectivity index (χ3v) is 1.83. The van der Waals surface area contributed by atoms with Crippen molar-refractivity contribution in [3.05, 3.63) is 0 Å². The van der Waals surface area contributed by atoms with E-state index >= 15 is 0 Å². The molecular formula is C12H24N2O4. The van der Waals surface area contributed by atoms with E-state index in [2.05, 4.69) is 14.8 Å². The number of ether oxygens (including phenoxy) is 2. The van der Waals surface area contributed by atoms with E-state index in [0.717, 1.165) is 0 Å². The molecule has 6 nitrogen and oxygen atoms in total. The Labute approximate surface area is 117 Å². The lowest BCUT2D eigenvalue weighted by Crippen LogP contribution is -2.37. The molecule has 2 amide bonds. The Morgan fingerprint density at radius 3 is 2.67 bits per heavy atom. The number of alkyl carbamates (subject to hydrolysis) is 1. The lowest BCUT2D eigenvalue weighted by atomic mass is 9.87. The summed E-state index contributed by atoms with van der Waals surface area (Å²) in [6.45, 7) is -2.62. The lowest BCUT2D eigenvalue weighted by molar-refractivity contribution is 0.0333. The summed E-state index contributed by atoms with van der Waals surface area (Å²) in [6.07, 6.45) is -2.62. The maximum absolute atomic E-state index is 11.8. The van der Waals surface area contributed by atoms with Gasteiger partial charge in [0.2, 0.25) is 0 Å². The number of primary amides is 1. The van der Waals surface area contributed by atoms with Gasteiger partial charge in [-0.2, -0.15) is 0 Å². The molecule has 106 valence electrons. The highest BCUT2D eigenvalue weighted by atomic mass is 16.6. The van der Waals surface area contributed by atoms with Gasteiger partial charge in [-0.3, -0.25) is 0 Å². The summed E-state index contributed by atoms with van der Waals surface area (Å²) in [6, 6.07) is -1.45. The SMILES string of the molecule is [2H]C(C)(C)NC(=O)OC([2H])([2H])C(CCC)(COC(N)=O)C([2H])([2H])[2H]. The number of carbonyl (C=O) groups is 2. The summed E-state index contributed by atoms with van der Waals surface area (Å²) in [5.74, 6) is 0. The Bertz CT molecular complexity index is 463. The Morgan fingerprint density at radius 2 is 2.22 bits per heavy atom. The van der Waals surface area contributed by atoms with Crippen molar-refractivity contribution in [2.75, 3.05) is 13.2 Å². The maximum atomic E-state index is 11.8. The van der Waals surface area contributed by atoms with Gasteiger partial charge in [0.1, 0.15) is 13.2 Å². The molecule has 0 bridgehead atoms. The van der Waals surface area contributed by atoms with E-state index in [-0.39, 0.29) is 12.8 Å². The minimum absolute atomic E-state index is 0.217. The smallest absolute Gasteiger partial charge is 0.407 e. The summed E-state index contributed by atoms with van der Waals surface area (Å²) in [7, 11) is 0. The van der Waals surface area contributed by atoms with Gasteiger partial charge in [-0.25, -0.2) is 9.59 Å². The largest absolute Gasteiger partial charge is 0.449 e. The number of nitrogens with one attached hydrogen (secondary N) is 1. The predicted molar refractivity (Wildman–Crippen MR) is 68.2 cm³/mol. The zero-order chi connectivity index (χ0) is 19.4. The fourth-order valence-electron chi connectivity index (χ4n) is 1.15. The van der Waals surface area contributed by atoms with Crippen LogP contribution in [0.25, 0.3) is 0 Å². The normalized spacial score (nSPS) is 20.8. The van der Waals surface area contributed by atoms with Gasteiger partial charge in [0.05, 0.1) is 4.11 Å². The molecule has 18 heavy (non-hydrogen) atoms. The van der Waals surface area contributed by atoms with E-state index in [1.54, 1.807) is 6.92 Å². The molecule has 1 unspecified atom stereocenters. The van der Waals surface area contributed by atoms with E-state index in [9.17, 15) is 9.59 Å². The average Bonchev–Trinajstić information content (AvgIpc) is 2.28. The van der Waals surface area contributed by atoms with Gasteiger partial charge in [-0.05, 0) is 20.3 Å². The van der Waals surface area contributed by atoms with Crippen LogP contribution in [0.2, 0.25) is 0 Å². The van der Waals surface area contributed by atoms with Crippen LogP contribution in [0.15, 0.2) is 0 Å². The molecule has 0 aliphatic carbocycles. The van der Waals surface area contributed by atoms with Crippen molar-refractivity contribution in [2.24, 2.45) is 11.1 Å². The number of hydrogen-bond donors (Lipinski definition) is 2. The highest BCUT2D eigenvalue weighted by Gasteiger charge is 2.27. The quantitative estimate of drug-likeness (QED) is 0.737. The van der Waals surface area contributed by atoms with Gasteiger partial charge < -0.3 is 20.5 Å². The first-order chi connectivity index (χ1) is 10.6. The topological polar surface area (TPSA) is 90.7 Å². The number of carbonyl (C=O) groups excluding carboxylic acids is 2. The van der Waals surface area contributed by atoms with Gasteiger partial charge in [-0.15, -0.1) is 0 Å². The van der Waals surface area contributed by atoms with Crippen molar-refractivity contribution in [2.45, 2.75) is 46.5 Å². The van der Waals surface area contributed by atoms with Crippen LogP contribution in [0.3, 0.4) is 0 Å². The molecular weight excluding hydrogens is 236 g/mol. The van der Waals surface area contributed by atoms with E-state index < -0.39 is 43.6 Å².